The Balaban J connectivity index is 3.71. The third kappa shape index (κ3) is 7.71. The van der Waals surface area contributed by atoms with Crippen LogP contribution < -0.4 is 4.72 Å². The van der Waals surface area contributed by atoms with E-state index in [4.69, 9.17) is 0 Å². The van der Waals surface area contributed by atoms with Crippen molar-refractivity contribution in [1.29, 1.82) is 0 Å². The van der Waals surface area contributed by atoms with Gasteiger partial charge < -0.3 is 0 Å². The van der Waals surface area contributed by atoms with Gasteiger partial charge in [-0.2, -0.15) is 0 Å². The maximum atomic E-state index is 11.2. The second-order valence-corrected chi connectivity index (χ2v) is 4.31. The van der Waals surface area contributed by atoms with Gasteiger partial charge in [-0.15, -0.1) is 0 Å². The summed E-state index contributed by atoms with van der Waals surface area (Å²) in [6, 6.07) is 0. The molecule has 1 N–H and O–H groups in total. The molecule has 4 heteroatoms. The van der Waals surface area contributed by atoms with Crippen molar-refractivity contribution >= 4 is 16.9 Å². The lowest BCUT2D eigenvalue weighted by molar-refractivity contribution is -0.117. The zero-order valence-corrected chi connectivity index (χ0v) is 9.19. The number of carbonyl (C=O) groups excluding carboxylic acids is 1. The second-order valence-electron chi connectivity index (χ2n) is 3.08. The first kappa shape index (κ1) is 12.4. The van der Waals surface area contributed by atoms with Gasteiger partial charge in [0.2, 0.25) is 5.91 Å². The molecule has 3 nitrogen and oxygen atoms in total. The predicted molar refractivity (Wildman–Crippen MR) is 55.4 cm³/mol. The van der Waals surface area contributed by atoms with E-state index in [1.165, 1.54) is 6.92 Å². The van der Waals surface area contributed by atoms with Crippen LogP contribution in [0.4, 0.5) is 0 Å². The molecule has 0 aromatic heterocycles. The zero-order chi connectivity index (χ0) is 10.3. The van der Waals surface area contributed by atoms with Gasteiger partial charge >= 0.3 is 0 Å². The fraction of sp³-hybridized carbons (Fsp3) is 0.667. The summed E-state index contributed by atoms with van der Waals surface area (Å²) in [5.74, 6) is 0.615. The first-order valence-electron chi connectivity index (χ1n) is 4.33. The van der Waals surface area contributed by atoms with Crippen LogP contribution in [-0.4, -0.2) is 15.9 Å². The molecule has 13 heavy (non-hydrogen) atoms. The van der Waals surface area contributed by atoms with Gasteiger partial charge in [-0.3, -0.25) is 9.52 Å². The van der Waals surface area contributed by atoms with Crippen molar-refractivity contribution in [2.45, 2.75) is 27.2 Å². The second kappa shape index (κ2) is 6.83. The van der Waals surface area contributed by atoms with E-state index in [1.54, 1.807) is 0 Å². The van der Waals surface area contributed by atoms with Crippen LogP contribution >= 0.6 is 0 Å². The minimum atomic E-state index is -1.22. The third-order valence-electron chi connectivity index (χ3n) is 1.47. The number of carbonyl (C=O) groups is 1. The molecule has 0 bridgehead atoms. The number of hydrogen-bond acceptors (Lipinski definition) is 2. The molecule has 1 amide bonds. The van der Waals surface area contributed by atoms with Crippen molar-refractivity contribution in [3.05, 3.63) is 12.2 Å². The first-order chi connectivity index (χ1) is 6.06. The van der Waals surface area contributed by atoms with Crippen LogP contribution in [0.5, 0.6) is 0 Å². The lowest BCUT2D eigenvalue weighted by Crippen LogP contribution is -2.26. The fourth-order valence-electron chi connectivity index (χ4n) is 0.897. The Kier molecular flexibility index (Phi) is 6.49. The van der Waals surface area contributed by atoms with E-state index in [0.29, 0.717) is 11.7 Å². The average Bonchev–Trinajstić information content (AvgIpc) is 1.98. The highest BCUT2D eigenvalue weighted by atomic mass is 32.2. The molecule has 0 aromatic rings. The smallest absolute Gasteiger partial charge is 0.228 e. The number of nitrogens with one attached hydrogen (secondary N) is 1. The summed E-state index contributed by atoms with van der Waals surface area (Å²) in [7, 11) is -1.22. The average molecular weight is 203 g/mol. The number of hydrogen-bond donors (Lipinski definition) is 1. The summed E-state index contributed by atoms with van der Waals surface area (Å²) in [5.41, 5.74) is 0. The molecule has 2 atom stereocenters. The molecule has 0 spiro atoms. The van der Waals surface area contributed by atoms with Crippen LogP contribution in [0.1, 0.15) is 27.2 Å². The van der Waals surface area contributed by atoms with Gasteiger partial charge in [0.25, 0.3) is 0 Å². The van der Waals surface area contributed by atoms with Crippen molar-refractivity contribution in [2.75, 3.05) is 5.75 Å². The van der Waals surface area contributed by atoms with Crippen molar-refractivity contribution in [3.63, 3.8) is 0 Å². The Morgan fingerprint density at radius 2 is 2.23 bits per heavy atom. The molecule has 0 saturated heterocycles. The highest BCUT2D eigenvalue weighted by Gasteiger charge is 2.06. The van der Waals surface area contributed by atoms with Crippen LogP contribution in [0.15, 0.2) is 12.2 Å². The Morgan fingerprint density at radius 3 is 2.69 bits per heavy atom. The molecule has 0 heterocycles. The summed E-state index contributed by atoms with van der Waals surface area (Å²) in [6.07, 6.45) is 4.91. The van der Waals surface area contributed by atoms with Crippen LogP contribution in [0.3, 0.4) is 0 Å². The normalized spacial score (nSPS) is 15.6. The van der Waals surface area contributed by atoms with Gasteiger partial charge in [-0.05, 0) is 19.3 Å². The molecule has 0 fully saturated rings. The molecular formula is C9H17NO2S. The van der Waals surface area contributed by atoms with Gasteiger partial charge in [0, 0.05) is 12.7 Å². The predicted octanol–water partition coefficient (Wildman–Crippen LogP) is 1.39. The van der Waals surface area contributed by atoms with Crippen LogP contribution in [0.25, 0.3) is 0 Å². The summed E-state index contributed by atoms with van der Waals surface area (Å²) in [4.78, 5) is 10.5. The molecule has 0 radical (unpaired) electrons. The van der Waals surface area contributed by atoms with Crippen molar-refractivity contribution in [3.8, 4) is 0 Å². The highest BCUT2D eigenvalue weighted by molar-refractivity contribution is 7.83. The van der Waals surface area contributed by atoms with Crippen molar-refractivity contribution in [2.24, 2.45) is 5.92 Å². The molecular weight excluding hydrogens is 186 g/mol. The quantitative estimate of drug-likeness (QED) is 0.686. The summed E-state index contributed by atoms with van der Waals surface area (Å²) < 4.78 is 13.5. The summed E-state index contributed by atoms with van der Waals surface area (Å²) in [6.45, 7) is 5.34. The van der Waals surface area contributed by atoms with Gasteiger partial charge in [0.05, 0.1) is 0 Å². The van der Waals surface area contributed by atoms with E-state index in [0.717, 1.165) is 6.42 Å². The van der Waals surface area contributed by atoms with Crippen LogP contribution in [0.2, 0.25) is 0 Å². The Morgan fingerprint density at radius 1 is 1.62 bits per heavy atom. The standard InChI is InChI=1S/C9H17NO2S/c1-4-5-6-8(2)7-13(12)10-9(3)11/h4-5,8H,6-7H2,1-3H3,(H,10,11)/b5-4-/t8-,13?/m0/s1. The van der Waals surface area contributed by atoms with E-state index in [2.05, 4.69) is 4.72 Å². The number of rotatable bonds is 5. The van der Waals surface area contributed by atoms with Crippen LogP contribution in [0, 0.1) is 5.92 Å². The SMILES string of the molecule is C/C=C\C[C@H](C)CS(=O)NC(C)=O. The highest BCUT2D eigenvalue weighted by Crippen LogP contribution is 2.03. The van der Waals surface area contributed by atoms with E-state index in [-0.39, 0.29) is 5.91 Å². The fourth-order valence-corrected chi connectivity index (χ4v) is 1.95. The largest absolute Gasteiger partial charge is 0.275 e. The monoisotopic (exact) mass is 203 g/mol. The maximum absolute atomic E-state index is 11.2. The summed E-state index contributed by atoms with van der Waals surface area (Å²) in [5, 5.41) is 0. The Bertz CT molecular complexity index is 214. The van der Waals surface area contributed by atoms with Gasteiger partial charge in [-0.25, -0.2) is 4.21 Å². The molecule has 0 aromatic carbocycles. The van der Waals surface area contributed by atoms with E-state index in [9.17, 15) is 9.00 Å². The molecule has 76 valence electrons. The van der Waals surface area contributed by atoms with E-state index in [1.807, 2.05) is 26.0 Å². The first-order valence-corrected chi connectivity index (χ1v) is 5.65. The number of allylic oxidation sites excluding steroid dienone is 2. The molecule has 0 aliphatic heterocycles. The zero-order valence-electron chi connectivity index (χ0n) is 8.37. The third-order valence-corrected chi connectivity index (χ3v) is 2.85. The molecule has 0 aliphatic carbocycles. The van der Waals surface area contributed by atoms with Gasteiger partial charge in [0.15, 0.2) is 0 Å². The number of amides is 1. The lowest BCUT2D eigenvalue weighted by atomic mass is 10.1. The topological polar surface area (TPSA) is 46.2 Å². The Labute approximate surface area is 82.2 Å². The van der Waals surface area contributed by atoms with E-state index >= 15 is 0 Å². The summed E-state index contributed by atoms with van der Waals surface area (Å²) >= 11 is 0. The van der Waals surface area contributed by atoms with Gasteiger partial charge in [0.1, 0.15) is 11.0 Å². The van der Waals surface area contributed by atoms with Crippen LogP contribution in [-0.2, 0) is 15.8 Å². The lowest BCUT2D eigenvalue weighted by Gasteiger charge is -2.07. The molecule has 1 unspecified atom stereocenters. The van der Waals surface area contributed by atoms with E-state index < -0.39 is 11.0 Å². The molecule has 0 rings (SSSR count). The maximum Gasteiger partial charge on any atom is 0.228 e. The Hall–Kier alpha value is -0.640. The van der Waals surface area contributed by atoms with Crippen molar-refractivity contribution < 1.29 is 9.00 Å². The minimum Gasteiger partial charge on any atom is -0.275 e. The molecule has 0 saturated carbocycles. The molecule has 0 aliphatic rings. The minimum absolute atomic E-state index is 0.239. The van der Waals surface area contributed by atoms with Crippen molar-refractivity contribution in [1.82, 2.24) is 4.72 Å². The van der Waals surface area contributed by atoms with Gasteiger partial charge in [-0.1, -0.05) is 19.1 Å².